The number of nitrogens with zero attached hydrogens (tertiary/aromatic N) is 5. The topological polar surface area (TPSA) is 131 Å². The summed E-state index contributed by atoms with van der Waals surface area (Å²) in [5.41, 5.74) is -2.47. The van der Waals surface area contributed by atoms with Crippen molar-refractivity contribution >= 4 is 17.8 Å². The Bertz CT molecular complexity index is 1830. The van der Waals surface area contributed by atoms with Crippen molar-refractivity contribution in [1.29, 1.82) is 0 Å². The van der Waals surface area contributed by atoms with E-state index >= 15 is 0 Å². The Kier molecular flexibility index (Phi) is 7.29. The largest absolute Gasteiger partial charge is 0.472 e. The molecule has 1 aromatic carbocycles. The van der Waals surface area contributed by atoms with Gasteiger partial charge in [0.1, 0.15) is 5.69 Å². The molecule has 41 heavy (non-hydrogen) atoms. The van der Waals surface area contributed by atoms with Crippen LogP contribution < -0.4 is 11.2 Å². The summed E-state index contributed by atoms with van der Waals surface area (Å²) in [6.45, 7) is -0.579. The van der Waals surface area contributed by atoms with Crippen molar-refractivity contribution in [1.82, 2.24) is 18.9 Å². The number of benzene rings is 1. The molecule has 0 aliphatic carbocycles. The number of rotatable bonds is 9. The summed E-state index contributed by atoms with van der Waals surface area (Å²) in [6, 6.07) is 8.20. The normalized spacial score (nSPS) is 11.9. The number of halogens is 3. The van der Waals surface area contributed by atoms with Crippen LogP contribution in [0.15, 0.2) is 92.3 Å². The molecule has 14 heteroatoms. The number of alkyl halides is 3. The molecular weight excluding hydrogens is 547 g/mol. The monoisotopic (exact) mass is 567 g/mol. The van der Waals surface area contributed by atoms with Gasteiger partial charge in [0, 0.05) is 22.9 Å². The summed E-state index contributed by atoms with van der Waals surface area (Å²) in [6.07, 6.45) is 6.25. The van der Waals surface area contributed by atoms with E-state index in [1.54, 1.807) is 6.07 Å². The highest BCUT2D eigenvalue weighted by Gasteiger charge is 2.33. The molecule has 0 radical (unpaired) electrons. The van der Waals surface area contributed by atoms with Crippen LogP contribution in [-0.2, 0) is 25.8 Å². The molecule has 0 N–H and O–H groups in total. The van der Waals surface area contributed by atoms with Gasteiger partial charge in [-0.15, -0.1) is 0 Å². The number of nitro groups is 1. The van der Waals surface area contributed by atoms with Crippen molar-refractivity contribution in [3.05, 3.63) is 138 Å². The van der Waals surface area contributed by atoms with Crippen LogP contribution in [0.25, 0.3) is 12.2 Å². The molecule has 5 aromatic rings. The quantitative estimate of drug-likeness (QED) is 0.187. The standard InChI is InChI=1S/C27H20F3N5O6/c28-27(29,30)22-4-2-1-3-21(22)15-32-12-18(11-31-32)5-6-23-24(35(38)39)25(36)34(14-20-8-10-41-17-20)26(37)33(23)13-19-7-9-40-16-19/h1-12,16-17H,13-15H2. The molecule has 0 saturated heterocycles. The van der Waals surface area contributed by atoms with Crippen molar-refractivity contribution in [3.8, 4) is 0 Å². The van der Waals surface area contributed by atoms with Gasteiger partial charge in [-0.2, -0.15) is 18.3 Å². The molecule has 4 aromatic heterocycles. The van der Waals surface area contributed by atoms with Crippen molar-refractivity contribution in [2.45, 2.75) is 25.8 Å². The van der Waals surface area contributed by atoms with E-state index in [9.17, 15) is 32.9 Å². The third-order valence-electron chi connectivity index (χ3n) is 6.21. The second kappa shape index (κ2) is 11.0. The van der Waals surface area contributed by atoms with Crippen LogP contribution in [-0.4, -0.2) is 23.8 Å². The molecule has 4 heterocycles. The molecule has 0 spiro atoms. The minimum absolute atomic E-state index is 0.00412. The van der Waals surface area contributed by atoms with Crippen LogP contribution in [0.4, 0.5) is 18.9 Å². The predicted octanol–water partition coefficient (Wildman–Crippen LogP) is 4.63. The van der Waals surface area contributed by atoms with Gasteiger partial charge in [-0.1, -0.05) is 18.2 Å². The van der Waals surface area contributed by atoms with Gasteiger partial charge in [-0.3, -0.25) is 24.2 Å². The molecule has 0 fully saturated rings. The SMILES string of the molecule is O=c1c([N+](=O)[O-])c(C=Cc2cnn(Cc3ccccc3C(F)(F)F)c2)n(Cc2ccoc2)c(=O)n1Cc1ccoc1. The highest BCUT2D eigenvalue weighted by Crippen LogP contribution is 2.32. The van der Waals surface area contributed by atoms with E-state index in [2.05, 4.69) is 5.10 Å². The molecule has 5 rings (SSSR count). The minimum atomic E-state index is -4.54. The fraction of sp³-hybridized carbons (Fsp3) is 0.148. The Morgan fingerprint density at radius 2 is 1.59 bits per heavy atom. The van der Waals surface area contributed by atoms with Crippen molar-refractivity contribution in [2.24, 2.45) is 0 Å². The number of furan rings is 2. The molecular formula is C27H20F3N5O6. The lowest BCUT2D eigenvalue weighted by Crippen LogP contribution is -2.42. The van der Waals surface area contributed by atoms with Crippen LogP contribution in [0.1, 0.15) is 33.5 Å². The van der Waals surface area contributed by atoms with E-state index in [1.807, 2.05) is 0 Å². The highest BCUT2D eigenvalue weighted by molar-refractivity contribution is 5.71. The maximum absolute atomic E-state index is 13.5. The van der Waals surface area contributed by atoms with Crippen LogP contribution in [0.3, 0.4) is 0 Å². The number of hydrogen-bond donors (Lipinski definition) is 0. The maximum atomic E-state index is 13.5. The summed E-state index contributed by atoms with van der Waals surface area (Å²) < 4.78 is 53.3. The molecule has 0 unspecified atom stereocenters. The Morgan fingerprint density at radius 1 is 0.927 bits per heavy atom. The van der Waals surface area contributed by atoms with E-state index in [4.69, 9.17) is 8.83 Å². The summed E-state index contributed by atoms with van der Waals surface area (Å²) in [4.78, 5) is 37.9. The summed E-state index contributed by atoms with van der Waals surface area (Å²) >= 11 is 0. The van der Waals surface area contributed by atoms with Crippen LogP contribution in [0.5, 0.6) is 0 Å². The van der Waals surface area contributed by atoms with E-state index in [1.165, 1.54) is 78.5 Å². The lowest BCUT2D eigenvalue weighted by molar-refractivity contribution is -0.387. The summed E-state index contributed by atoms with van der Waals surface area (Å²) in [7, 11) is 0. The average Bonchev–Trinajstić information content (AvgIpc) is 3.71. The van der Waals surface area contributed by atoms with E-state index < -0.39 is 33.6 Å². The zero-order chi connectivity index (χ0) is 29.1. The maximum Gasteiger partial charge on any atom is 0.416 e. The first kappa shape index (κ1) is 27.2. The Balaban J connectivity index is 1.55. The van der Waals surface area contributed by atoms with Crippen LogP contribution in [0, 0.1) is 10.1 Å². The molecule has 0 amide bonds. The zero-order valence-corrected chi connectivity index (χ0v) is 21.0. The van der Waals surface area contributed by atoms with E-state index in [-0.39, 0.29) is 30.9 Å². The van der Waals surface area contributed by atoms with E-state index in [0.29, 0.717) is 16.7 Å². The molecule has 210 valence electrons. The lowest BCUT2D eigenvalue weighted by atomic mass is 10.1. The van der Waals surface area contributed by atoms with Gasteiger partial charge in [0.25, 0.3) is 0 Å². The fourth-order valence-electron chi connectivity index (χ4n) is 4.30. The Labute approximate surface area is 228 Å². The molecule has 0 saturated carbocycles. The second-order valence-corrected chi connectivity index (χ2v) is 8.97. The number of hydrogen-bond acceptors (Lipinski definition) is 7. The first-order valence-electron chi connectivity index (χ1n) is 12.0. The van der Waals surface area contributed by atoms with Gasteiger partial charge in [0.2, 0.25) is 0 Å². The first-order valence-corrected chi connectivity index (χ1v) is 12.0. The van der Waals surface area contributed by atoms with Gasteiger partial charge in [-0.05, 0) is 35.9 Å². The predicted molar refractivity (Wildman–Crippen MR) is 139 cm³/mol. The van der Waals surface area contributed by atoms with Crippen molar-refractivity contribution < 1.29 is 26.9 Å². The average molecular weight is 567 g/mol. The second-order valence-electron chi connectivity index (χ2n) is 8.97. The van der Waals surface area contributed by atoms with Crippen LogP contribution in [0.2, 0.25) is 0 Å². The smallest absolute Gasteiger partial charge is 0.416 e. The third kappa shape index (κ3) is 5.80. The van der Waals surface area contributed by atoms with Crippen molar-refractivity contribution in [3.63, 3.8) is 0 Å². The Hall–Kier alpha value is -5.40. The summed E-state index contributed by atoms with van der Waals surface area (Å²) in [5.74, 6) is 0. The van der Waals surface area contributed by atoms with Gasteiger partial charge in [-0.25, -0.2) is 9.36 Å². The highest BCUT2D eigenvalue weighted by atomic mass is 19.4. The minimum Gasteiger partial charge on any atom is -0.472 e. The third-order valence-corrected chi connectivity index (χ3v) is 6.21. The Morgan fingerprint density at radius 3 is 2.20 bits per heavy atom. The fourth-order valence-corrected chi connectivity index (χ4v) is 4.30. The molecule has 0 aliphatic rings. The van der Waals surface area contributed by atoms with Gasteiger partial charge in [0.05, 0.1) is 61.4 Å². The number of aromatic nitrogens is 4. The first-order chi connectivity index (χ1) is 19.6. The zero-order valence-electron chi connectivity index (χ0n) is 21.0. The van der Waals surface area contributed by atoms with Gasteiger partial charge in [0.15, 0.2) is 0 Å². The lowest BCUT2D eigenvalue weighted by Gasteiger charge is -2.13. The van der Waals surface area contributed by atoms with Crippen LogP contribution >= 0.6 is 0 Å². The molecule has 0 bridgehead atoms. The van der Waals surface area contributed by atoms with Crippen molar-refractivity contribution in [2.75, 3.05) is 0 Å². The van der Waals surface area contributed by atoms with Gasteiger partial charge < -0.3 is 8.83 Å². The molecule has 0 atom stereocenters. The van der Waals surface area contributed by atoms with Gasteiger partial charge >= 0.3 is 23.1 Å². The molecule has 0 aliphatic heterocycles. The summed E-state index contributed by atoms with van der Waals surface area (Å²) in [5, 5.41) is 16.2. The van der Waals surface area contributed by atoms with E-state index in [0.717, 1.165) is 15.2 Å². The molecule has 11 nitrogen and oxygen atoms in total.